The summed E-state index contributed by atoms with van der Waals surface area (Å²) < 4.78 is 28.9. The molecule has 0 unspecified atom stereocenters. The molecule has 1 aromatic heterocycles. The summed E-state index contributed by atoms with van der Waals surface area (Å²) in [4.78, 5) is 22.2. The lowest BCUT2D eigenvalue weighted by molar-refractivity contribution is 0.343. The molecule has 1 fully saturated rings. The fourth-order valence-electron chi connectivity index (χ4n) is 3.25. The number of nitrogens with one attached hydrogen (secondary N) is 1. The molecule has 29 heavy (non-hydrogen) atoms. The highest BCUT2D eigenvalue weighted by molar-refractivity contribution is 6.30. The van der Waals surface area contributed by atoms with Crippen LogP contribution < -0.4 is 15.9 Å². The molecule has 2 heterocycles. The summed E-state index contributed by atoms with van der Waals surface area (Å²) in [6.45, 7) is 0.824. The van der Waals surface area contributed by atoms with E-state index in [1.165, 1.54) is 23.0 Å². The molecule has 1 aliphatic rings. The zero-order valence-electron chi connectivity index (χ0n) is 15.3. The number of rotatable bonds is 5. The summed E-state index contributed by atoms with van der Waals surface area (Å²) in [5.74, 6) is -0.261. The summed E-state index contributed by atoms with van der Waals surface area (Å²) >= 11 is 5.86. The van der Waals surface area contributed by atoms with Gasteiger partial charge < -0.3 is 10.2 Å². The van der Waals surface area contributed by atoms with E-state index in [4.69, 9.17) is 11.6 Å². The fourth-order valence-corrected chi connectivity index (χ4v) is 3.38. The first-order chi connectivity index (χ1) is 14.0. The van der Waals surface area contributed by atoms with Crippen molar-refractivity contribution in [3.63, 3.8) is 0 Å². The predicted octanol–water partition coefficient (Wildman–Crippen LogP) is 3.12. The maximum absolute atomic E-state index is 14.5. The minimum atomic E-state index is -1.18. The molecule has 9 heteroatoms. The minimum Gasteiger partial charge on any atom is -0.366 e. The molecule has 1 aliphatic heterocycles. The number of halogens is 3. The standard InChI is InChI=1S/C20H18ClF2N5O/c21-14-3-1-13(2-4-14)9-28-12-24-19(26-20(28)29)25-18-11-27(10-17(18)23)16-7-5-15(22)6-8-16/h1-8,12,17-18H,9-11H2,(H,25,26,29)/t17-,18-/m1/s1. The lowest BCUT2D eigenvalue weighted by Gasteiger charge is -2.18. The first kappa shape index (κ1) is 19.3. The van der Waals surface area contributed by atoms with E-state index in [0.717, 1.165) is 11.3 Å². The van der Waals surface area contributed by atoms with Gasteiger partial charge in [0.15, 0.2) is 0 Å². The molecule has 3 aromatic rings. The Morgan fingerprint density at radius 1 is 1.10 bits per heavy atom. The number of alkyl halides is 1. The van der Waals surface area contributed by atoms with Crippen LogP contribution in [0.3, 0.4) is 0 Å². The van der Waals surface area contributed by atoms with Crippen LogP contribution >= 0.6 is 11.6 Å². The monoisotopic (exact) mass is 417 g/mol. The van der Waals surface area contributed by atoms with Gasteiger partial charge in [-0.25, -0.2) is 18.6 Å². The second-order valence-corrected chi connectivity index (χ2v) is 7.30. The normalized spacial score (nSPS) is 18.8. The van der Waals surface area contributed by atoms with Gasteiger partial charge in [0, 0.05) is 17.3 Å². The van der Waals surface area contributed by atoms with E-state index in [0.29, 0.717) is 18.1 Å². The first-order valence-electron chi connectivity index (χ1n) is 9.07. The van der Waals surface area contributed by atoms with E-state index in [-0.39, 0.29) is 18.3 Å². The number of nitrogens with zero attached hydrogens (tertiary/aromatic N) is 4. The Labute approximate surface area is 170 Å². The zero-order valence-corrected chi connectivity index (χ0v) is 16.1. The number of aromatic nitrogens is 3. The molecule has 0 radical (unpaired) electrons. The Bertz CT molecular complexity index is 1040. The molecular formula is C20H18ClF2N5O. The van der Waals surface area contributed by atoms with E-state index in [1.807, 2.05) is 17.0 Å². The predicted molar refractivity (Wildman–Crippen MR) is 108 cm³/mol. The molecule has 0 spiro atoms. The molecule has 150 valence electrons. The van der Waals surface area contributed by atoms with Gasteiger partial charge in [0.25, 0.3) is 0 Å². The molecule has 0 amide bonds. The van der Waals surface area contributed by atoms with Crippen LogP contribution in [0.5, 0.6) is 0 Å². The van der Waals surface area contributed by atoms with Gasteiger partial charge in [0.05, 0.1) is 19.1 Å². The molecule has 6 nitrogen and oxygen atoms in total. The van der Waals surface area contributed by atoms with Crippen LogP contribution in [0.25, 0.3) is 0 Å². The van der Waals surface area contributed by atoms with Gasteiger partial charge in [-0.2, -0.15) is 4.98 Å². The van der Waals surface area contributed by atoms with Gasteiger partial charge in [0.2, 0.25) is 5.95 Å². The maximum atomic E-state index is 14.5. The van der Waals surface area contributed by atoms with Crippen molar-refractivity contribution in [3.05, 3.63) is 81.7 Å². The topological polar surface area (TPSA) is 63.1 Å². The van der Waals surface area contributed by atoms with Crippen molar-refractivity contribution in [2.24, 2.45) is 0 Å². The number of hydrogen-bond donors (Lipinski definition) is 1. The Morgan fingerprint density at radius 2 is 1.83 bits per heavy atom. The van der Waals surface area contributed by atoms with Crippen LogP contribution in [-0.2, 0) is 6.54 Å². The van der Waals surface area contributed by atoms with E-state index < -0.39 is 17.9 Å². The van der Waals surface area contributed by atoms with Crippen LogP contribution in [0.1, 0.15) is 5.56 Å². The molecule has 0 saturated carbocycles. The van der Waals surface area contributed by atoms with E-state index in [9.17, 15) is 13.6 Å². The summed E-state index contributed by atoms with van der Waals surface area (Å²) in [6.07, 6.45) is 0.201. The molecule has 4 rings (SSSR count). The lowest BCUT2D eigenvalue weighted by Crippen LogP contribution is -2.33. The Balaban J connectivity index is 1.42. The van der Waals surface area contributed by atoms with Crippen molar-refractivity contribution < 1.29 is 8.78 Å². The van der Waals surface area contributed by atoms with E-state index >= 15 is 0 Å². The largest absolute Gasteiger partial charge is 0.366 e. The molecule has 2 aromatic carbocycles. The van der Waals surface area contributed by atoms with Crippen LogP contribution in [0.2, 0.25) is 5.02 Å². The molecule has 2 atom stereocenters. The van der Waals surface area contributed by atoms with Crippen LogP contribution in [0.15, 0.2) is 59.7 Å². The SMILES string of the molecule is O=c1nc(N[C@@H]2CN(c3ccc(F)cc3)C[C@H]2F)ncn1Cc1ccc(Cl)cc1. The number of anilines is 2. The average Bonchev–Trinajstić information content (AvgIpc) is 3.06. The fraction of sp³-hybridized carbons (Fsp3) is 0.250. The van der Waals surface area contributed by atoms with Gasteiger partial charge in [-0.15, -0.1) is 0 Å². The van der Waals surface area contributed by atoms with Crippen molar-refractivity contribution >= 4 is 23.2 Å². The third-order valence-electron chi connectivity index (χ3n) is 4.79. The Hall–Kier alpha value is -3.00. The first-order valence-corrected chi connectivity index (χ1v) is 9.45. The molecular weight excluding hydrogens is 400 g/mol. The second kappa shape index (κ2) is 8.16. The Morgan fingerprint density at radius 3 is 2.52 bits per heavy atom. The summed E-state index contributed by atoms with van der Waals surface area (Å²) in [5, 5.41) is 3.51. The van der Waals surface area contributed by atoms with E-state index in [1.54, 1.807) is 24.3 Å². The summed E-state index contributed by atoms with van der Waals surface area (Å²) in [7, 11) is 0. The summed E-state index contributed by atoms with van der Waals surface area (Å²) in [6, 6.07) is 12.4. The number of hydrogen-bond acceptors (Lipinski definition) is 5. The highest BCUT2D eigenvalue weighted by atomic mass is 35.5. The van der Waals surface area contributed by atoms with Crippen molar-refractivity contribution in [2.75, 3.05) is 23.3 Å². The lowest BCUT2D eigenvalue weighted by atomic mass is 10.2. The Kier molecular flexibility index (Phi) is 5.44. The third-order valence-corrected chi connectivity index (χ3v) is 5.04. The van der Waals surface area contributed by atoms with Gasteiger partial charge in [-0.3, -0.25) is 4.57 Å². The maximum Gasteiger partial charge on any atom is 0.352 e. The quantitative estimate of drug-likeness (QED) is 0.691. The average molecular weight is 418 g/mol. The molecule has 0 bridgehead atoms. The number of benzene rings is 2. The summed E-state index contributed by atoms with van der Waals surface area (Å²) in [5.41, 5.74) is 1.13. The van der Waals surface area contributed by atoms with Gasteiger partial charge in [-0.1, -0.05) is 23.7 Å². The van der Waals surface area contributed by atoms with Crippen molar-refractivity contribution in [1.82, 2.24) is 14.5 Å². The van der Waals surface area contributed by atoms with Crippen LogP contribution in [0.4, 0.5) is 20.4 Å². The molecule has 1 saturated heterocycles. The highest BCUT2D eigenvalue weighted by Gasteiger charge is 2.33. The van der Waals surface area contributed by atoms with Crippen molar-refractivity contribution in [3.8, 4) is 0 Å². The van der Waals surface area contributed by atoms with Crippen molar-refractivity contribution in [1.29, 1.82) is 0 Å². The van der Waals surface area contributed by atoms with Gasteiger partial charge in [0.1, 0.15) is 18.3 Å². The van der Waals surface area contributed by atoms with E-state index in [2.05, 4.69) is 15.3 Å². The van der Waals surface area contributed by atoms with Gasteiger partial charge >= 0.3 is 5.69 Å². The smallest absolute Gasteiger partial charge is 0.352 e. The molecule has 1 N–H and O–H groups in total. The zero-order chi connectivity index (χ0) is 20.4. The molecule has 0 aliphatic carbocycles. The van der Waals surface area contributed by atoms with Crippen molar-refractivity contribution in [2.45, 2.75) is 18.8 Å². The van der Waals surface area contributed by atoms with Crippen LogP contribution in [-0.4, -0.2) is 39.8 Å². The van der Waals surface area contributed by atoms with Gasteiger partial charge in [-0.05, 0) is 42.0 Å². The third kappa shape index (κ3) is 4.54. The second-order valence-electron chi connectivity index (χ2n) is 6.87. The highest BCUT2D eigenvalue weighted by Crippen LogP contribution is 2.23. The minimum absolute atomic E-state index is 0.0796. The van der Waals surface area contributed by atoms with Crippen LogP contribution in [0, 0.1) is 5.82 Å².